The first-order valence-electron chi connectivity index (χ1n) is 30.5. The van der Waals surface area contributed by atoms with Gasteiger partial charge in [-0.2, -0.15) is 0 Å². The highest BCUT2D eigenvalue weighted by Crippen LogP contribution is 2.26. The summed E-state index contributed by atoms with van der Waals surface area (Å²) < 4.78 is 28.4. The molecule has 12 nitrogen and oxygen atoms in total. The molecule has 1 aliphatic heterocycles. The topological polar surface area (TPSA) is 175 Å². The molecule has 1 aliphatic rings. The third kappa shape index (κ3) is 43.6. The number of ether oxygens (including phenoxy) is 5. The maximum atomic E-state index is 13.2. The van der Waals surface area contributed by atoms with Crippen molar-refractivity contribution in [1.29, 1.82) is 0 Å². The Morgan fingerprint density at radius 3 is 1.25 bits per heavy atom. The van der Waals surface area contributed by atoms with Crippen LogP contribution in [0.2, 0.25) is 0 Å². The molecule has 1 heterocycles. The first-order chi connectivity index (χ1) is 38.6. The summed E-state index contributed by atoms with van der Waals surface area (Å²) in [6, 6.07) is 0. The van der Waals surface area contributed by atoms with E-state index in [-0.39, 0.29) is 25.9 Å². The Hall–Kier alpha value is -4.88. The van der Waals surface area contributed by atoms with E-state index >= 15 is 0 Å². The average molecular weight is 1100 g/mol. The SMILES string of the molecule is CC/C=C\C/C=C\C/C=C\C/C=C\C/C=C\CCCC(=O)OC1C(OCC(COC(=O)CCCCCCCCC/C=C\C/C=C\C/C=C\CC)OC(=O)CCCCCCC/C=C\C/C=C\CCCCC)OC(C(=O)O)C(O)C1O. The zero-order chi connectivity index (χ0) is 57.5. The molecule has 0 aromatic rings. The van der Waals surface area contributed by atoms with E-state index in [2.05, 4.69) is 130 Å². The lowest BCUT2D eigenvalue weighted by molar-refractivity contribution is -0.301. The van der Waals surface area contributed by atoms with E-state index in [0.29, 0.717) is 25.7 Å². The van der Waals surface area contributed by atoms with Gasteiger partial charge in [-0.1, -0.05) is 206 Å². The number of hydrogen-bond donors (Lipinski definition) is 3. The van der Waals surface area contributed by atoms with Crippen LogP contribution < -0.4 is 0 Å². The highest BCUT2D eigenvalue weighted by Gasteiger charge is 2.50. The minimum Gasteiger partial charge on any atom is -0.479 e. The number of esters is 3. The van der Waals surface area contributed by atoms with E-state index in [4.69, 9.17) is 23.7 Å². The normalized spacial score (nSPS) is 18.7. The average Bonchev–Trinajstić information content (AvgIpc) is 3.43. The van der Waals surface area contributed by atoms with Crippen LogP contribution in [-0.4, -0.2) is 89.2 Å². The van der Waals surface area contributed by atoms with E-state index in [1.807, 2.05) is 12.2 Å². The Kier molecular flexibility index (Phi) is 49.1. The number of carbonyl (C=O) groups excluding carboxylic acids is 3. The zero-order valence-corrected chi connectivity index (χ0v) is 49.1. The molecule has 79 heavy (non-hydrogen) atoms. The second kappa shape index (κ2) is 53.7. The van der Waals surface area contributed by atoms with Gasteiger partial charge in [0.2, 0.25) is 0 Å². The van der Waals surface area contributed by atoms with Gasteiger partial charge in [0.15, 0.2) is 24.6 Å². The van der Waals surface area contributed by atoms with Crippen molar-refractivity contribution < 1.29 is 58.2 Å². The van der Waals surface area contributed by atoms with Crippen LogP contribution in [0.5, 0.6) is 0 Å². The van der Waals surface area contributed by atoms with Crippen molar-refractivity contribution in [2.45, 2.75) is 263 Å². The Labute approximate surface area is 478 Å². The van der Waals surface area contributed by atoms with Crippen LogP contribution >= 0.6 is 0 Å². The molecule has 0 bridgehead atoms. The second-order valence-electron chi connectivity index (χ2n) is 20.2. The lowest BCUT2D eigenvalue weighted by atomic mass is 9.98. The Morgan fingerprint density at radius 1 is 0.430 bits per heavy atom. The van der Waals surface area contributed by atoms with Gasteiger partial charge in [-0.05, 0) is 122 Å². The molecule has 0 radical (unpaired) electrons. The van der Waals surface area contributed by atoms with Gasteiger partial charge >= 0.3 is 23.9 Å². The molecule has 0 aromatic heterocycles. The van der Waals surface area contributed by atoms with Crippen molar-refractivity contribution in [2.75, 3.05) is 13.2 Å². The van der Waals surface area contributed by atoms with Crippen LogP contribution in [0.4, 0.5) is 0 Å². The van der Waals surface area contributed by atoms with Gasteiger partial charge in [0.1, 0.15) is 18.8 Å². The fourth-order valence-electron chi connectivity index (χ4n) is 8.39. The van der Waals surface area contributed by atoms with Gasteiger partial charge in [0.25, 0.3) is 0 Å². The minimum atomic E-state index is -1.93. The maximum Gasteiger partial charge on any atom is 0.335 e. The number of rotatable bonds is 50. The number of carboxylic acid groups (broad SMARTS) is 1. The van der Waals surface area contributed by atoms with Crippen LogP contribution in [0.25, 0.3) is 0 Å². The van der Waals surface area contributed by atoms with Crippen molar-refractivity contribution >= 4 is 23.9 Å². The lowest BCUT2D eigenvalue weighted by Crippen LogP contribution is -2.61. The molecule has 0 saturated carbocycles. The summed E-state index contributed by atoms with van der Waals surface area (Å²) in [6.45, 7) is 5.69. The highest BCUT2D eigenvalue weighted by atomic mass is 16.7. The van der Waals surface area contributed by atoms with E-state index in [1.165, 1.54) is 25.7 Å². The van der Waals surface area contributed by atoms with Crippen molar-refractivity contribution in [1.82, 2.24) is 0 Å². The molecule has 446 valence electrons. The van der Waals surface area contributed by atoms with Crippen molar-refractivity contribution in [3.63, 3.8) is 0 Å². The fourth-order valence-corrected chi connectivity index (χ4v) is 8.39. The van der Waals surface area contributed by atoms with E-state index in [0.717, 1.165) is 135 Å². The number of allylic oxidation sites excluding steroid dienone is 20. The first-order valence-corrected chi connectivity index (χ1v) is 30.5. The third-order valence-corrected chi connectivity index (χ3v) is 13.0. The van der Waals surface area contributed by atoms with Crippen molar-refractivity contribution in [2.24, 2.45) is 0 Å². The largest absolute Gasteiger partial charge is 0.479 e. The molecule has 1 saturated heterocycles. The number of hydrogen-bond acceptors (Lipinski definition) is 11. The standard InChI is InChI=1S/C67H106O12/c1-4-7-10-13-16-19-22-25-28-30-33-35-38-41-44-47-50-53-59(68)75-56-58(77-60(69)54-51-48-45-42-39-36-32-27-24-21-18-15-12-9-6-3)57-76-67-65(63(72)62(71)64(79-67)66(73)74)78-61(70)55-52-49-46-43-40-37-34-31-29-26-23-20-17-14-11-8-5-2/h7-8,10-11,16-21,25-29,32,34,37,43,46,58,62-65,67,71-72H,4-6,9,12-15,22-24,30-31,33,35-36,38-42,44-45,47-57H2,1-3H3,(H,73,74)/b10-7-,11-8-,19-16-,20-17-,21-18-,28-25-,29-26-,32-27-,37-34-,46-43-. The molecule has 6 unspecified atom stereocenters. The number of carbonyl (C=O) groups is 4. The quantitative estimate of drug-likeness (QED) is 0.0228. The highest BCUT2D eigenvalue weighted by molar-refractivity contribution is 5.74. The van der Waals surface area contributed by atoms with E-state index < -0.39 is 67.3 Å². The van der Waals surface area contributed by atoms with Crippen LogP contribution in [0, 0.1) is 0 Å². The predicted molar refractivity (Wildman–Crippen MR) is 321 cm³/mol. The fraction of sp³-hybridized carbons (Fsp3) is 0.642. The molecule has 12 heteroatoms. The molecule has 0 amide bonds. The molecule has 3 N–H and O–H groups in total. The van der Waals surface area contributed by atoms with Crippen LogP contribution in [0.15, 0.2) is 122 Å². The van der Waals surface area contributed by atoms with Crippen molar-refractivity contribution in [3.05, 3.63) is 122 Å². The first kappa shape index (κ1) is 72.1. The van der Waals surface area contributed by atoms with Gasteiger partial charge in [-0.3, -0.25) is 14.4 Å². The summed E-state index contributed by atoms with van der Waals surface area (Å²) >= 11 is 0. The van der Waals surface area contributed by atoms with Crippen LogP contribution in [0.1, 0.15) is 226 Å². The summed E-state index contributed by atoms with van der Waals surface area (Å²) in [5.41, 5.74) is 0. The lowest BCUT2D eigenvalue weighted by Gasteiger charge is -2.40. The van der Waals surface area contributed by atoms with E-state index in [1.54, 1.807) is 0 Å². The van der Waals surface area contributed by atoms with Gasteiger partial charge in [-0.15, -0.1) is 0 Å². The molecule has 1 rings (SSSR count). The number of aliphatic hydroxyl groups excluding tert-OH is 2. The number of aliphatic carboxylic acids is 1. The second-order valence-corrected chi connectivity index (χ2v) is 20.2. The van der Waals surface area contributed by atoms with Crippen LogP contribution in [-0.2, 0) is 42.9 Å². The number of aliphatic hydroxyl groups is 2. The Bertz CT molecular complexity index is 1840. The van der Waals surface area contributed by atoms with Gasteiger partial charge in [0.05, 0.1) is 6.61 Å². The molecule has 0 aliphatic carbocycles. The smallest absolute Gasteiger partial charge is 0.335 e. The zero-order valence-electron chi connectivity index (χ0n) is 49.1. The summed E-state index contributed by atoms with van der Waals surface area (Å²) in [7, 11) is 0. The van der Waals surface area contributed by atoms with Gasteiger partial charge in [-0.25, -0.2) is 4.79 Å². The summed E-state index contributed by atoms with van der Waals surface area (Å²) in [5, 5.41) is 31.5. The Balaban J connectivity index is 2.74. The number of unbranched alkanes of at least 4 members (excludes halogenated alkanes) is 16. The van der Waals surface area contributed by atoms with Crippen LogP contribution in [0.3, 0.4) is 0 Å². The monoisotopic (exact) mass is 1100 g/mol. The summed E-state index contributed by atoms with van der Waals surface area (Å²) in [4.78, 5) is 51.2. The molecule has 0 spiro atoms. The molecule has 6 atom stereocenters. The minimum absolute atomic E-state index is 0.0265. The molecular weight excluding hydrogens is 997 g/mol. The van der Waals surface area contributed by atoms with E-state index in [9.17, 15) is 34.5 Å². The number of carboxylic acids is 1. The van der Waals surface area contributed by atoms with Crippen molar-refractivity contribution in [3.8, 4) is 0 Å². The summed E-state index contributed by atoms with van der Waals surface area (Å²) in [6.07, 6.45) is 61.6. The molecule has 1 fully saturated rings. The van der Waals surface area contributed by atoms with Gasteiger partial charge < -0.3 is 39.0 Å². The molecular formula is C67H106O12. The maximum absolute atomic E-state index is 13.2. The van der Waals surface area contributed by atoms with Gasteiger partial charge in [0, 0.05) is 19.3 Å². The molecule has 0 aromatic carbocycles. The Morgan fingerprint density at radius 2 is 0.810 bits per heavy atom. The third-order valence-electron chi connectivity index (χ3n) is 13.0. The predicted octanol–water partition coefficient (Wildman–Crippen LogP) is 16.0. The summed E-state index contributed by atoms with van der Waals surface area (Å²) in [5.74, 6) is -3.24.